The van der Waals surface area contributed by atoms with Crippen LogP contribution >= 0.6 is 7.51 Å². The number of anilines is 3. The summed E-state index contributed by atoms with van der Waals surface area (Å²) in [4.78, 5) is 0. The van der Waals surface area contributed by atoms with Crippen molar-refractivity contribution in [2.75, 3.05) is 15.3 Å². The Kier molecular flexibility index (Phi) is 7.02. The number of benzene rings is 10. The van der Waals surface area contributed by atoms with Gasteiger partial charge in [0.1, 0.15) is 0 Å². The highest BCUT2D eigenvalue weighted by molar-refractivity contribution is 7.71. The molecule has 10 aromatic carbocycles. The smallest absolute Gasteiger partial charge is 0.241 e. The Balaban J connectivity index is 1.29. The molecule has 2 aliphatic rings. The van der Waals surface area contributed by atoms with Gasteiger partial charge in [-0.3, -0.25) is 0 Å². The Morgan fingerprint density at radius 1 is 0.333 bits per heavy atom. The lowest BCUT2D eigenvalue weighted by molar-refractivity contribution is 1.54. The van der Waals surface area contributed by atoms with Crippen molar-refractivity contribution in [3.05, 3.63) is 194 Å². The Morgan fingerprint density at radius 3 is 1.30 bits per heavy atom. The molecular formula is C52H35N4P. The van der Waals surface area contributed by atoms with E-state index >= 15 is 0 Å². The molecule has 4 nitrogen and oxygen atoms in total. The summed E-state index contributed by atoms with van der Waals surface area (Å²) in [6, 6.07) is 70.2. The zero-order valence-electron chi connectivity index (χ0n) is 30.9. The van der Waals surface area contributed by atoms with Crippen molar-refractivity contribution in [1.29, 1.82) is 0 Å². The largest absolute Gasteiger partial charge is 0.319 e. The molecule has 0 saturated carbocycles. The van der Waals surface area contributed by atoms with Crippen LogP contribution in [0, 0.1) is 0 Å². The predicted octanol–water partition coefficient (Wildman–Crippen LogP) is 15.5. The third-order valence-corrected chi connectivity index (χ3v) is 13.9. The first-order valence-electron chi connectivity index (χ1n) is 19.5. The summed E-state index contributed by atoms with van der Waals surface area (Å²) in [5, 5.41) is 22.1. The van der Waals surface area contributed by atoms with E-state index in [1.807, 2.05) is 0 Å². The van der Waals surface area contributed by atoms with E-state index in [2.05, 4.69) is 209 Å². The van der Waals surface area contributed by atoms with E-state index in [4.69, 9.17) is 4.74 Å². The molecule has 0 amide bonds. The average molecular weight is 747 g/mol. The van der Waals surface area contributed by atoms with Gasteiger partial charge in [-0.2, -0.15) is 0 Å². The number of rotatable bonds is 2. The molecule has 0 radical (unpaired) electrons. The molecule has 3 N–H and O–H groups in total. The molecule has 1 spiro atoms. The second-order valence-corrected chi connectivity index (χ2v) is 17.1. The monoisotopic (exact) mass is 746 g/mol. The van der Waals surface area contributed by atoms with Crippen molar-refractivity contribution in [1.82, 2.24) is 0 Å². The van der Waals surface area contributed by atoms with Crippen LogP contribution in [-0.4, -0.2) is 0 Å². The molecule has 0 aliphatic carbocycles. The number of nitrogens with one attached hydrogen (secondary N) is 3. The Bertz CT molecular complexity index is 3250. The van der Waals surface area contributed by atoms with Crippen LogP contribution in [0.5, 0.6) is 0 Å². The molecule has 12 rings (SSSR count). The van der Waals surface area contributed by atoms with E-state index in [0.29, 0.717) is 0 Å². The average Bonchev–Trinajstić information content (AvgIpc) is 3.51. The normalized spacial score (nSPS) is 13.6. The van der Waals surface area contributed by atoms with E-state index in [-0.39, 0.29) is 0 Å². The fourth-order valence-corrected chi connectivity index (χ4v) is 11.6. The summed E-state index contributed by atoms with van der Waals surface area (Å²) in [5.74, 6) is 0. The van der Waals surface area contributed by atoms with Gasteiger partial charge in [0.2, 0.25) is 7.51 Å². The first kappa shape index (κ1) is 32.1. The van der Waals surface area contributed by atoms with E-state index in [9.17, 15) is 0 Å². The van der Waals surface area contributed by atoms with Crippen LogP contribution < -0.4 is 15.3 Å². The fourth-order valence-electron chi connectivity index (χ4n) is 9.19. The van der Waals surface area contributed by atoms with E-state index in [1.54, 1.807) is 0 Å². The Morgan fingerprint density at radius 2 is 0.754 bits per heavy atom. The summed E-state index contributed by atoms with van der Waals surface area (Å²) in [6.07, 6.45) is 0. The zero-order valence-corrected chi connectivity index (χ0v) is 31.8. The molecule has 0 bridgehead atoms. The molecule has 5 heteroatoms. The fraction of sp³-hybridized carbons (Fsp3) is 0. The molecule has 10 aromatic rings. The van der Waals surface area contributed by atoms with Gasteiger partial charge in [0.05, 0.1) is 11.4 Å². The molecule has 268 valence electrons. The highest BCUT2D eigenvalue weighted by atomic mass is 31.2. The van der Waals surface area contributed by atoms with Crippen LogP contribution in [0.1, 0.15) is 0 Å². The third-order valence-electron chi connectivity index (χ3n) is 11.7. The maximum atomic E-state index is 6.11. The van der Waals surface area contributed by atoms with Crippen LogP contribution in [0.4, 0.5) is 22.7 Å². The van der Waals surface area contributed by atoms with Gasteiger partial charge in [-0.1, -0.05) is 170 Å². The van der Waals surface area contributed by atoms with Crippen molar-refractivity contribution < 1.29 is 0 Å². The minimum atomic E-state index is -3.03. The molecule has 0 fully saturated rings. The third kappa shape index (κ3) is 4.98. The van der Waals surface area contributed by atoms with Gasteiger partial charge in [0.25, 0.3) is 0 Å². The van der Waals surface area contributed by atoms with Crippen molar-refractivity contribution in [3.8, 4) is 44.5 Å². The van der Waals surface area contributed by atoms with Gasteiger partial charge >= 0.3 is 0 Å². The van der Waals surface area contributed by atoms with Gasteiger partial charge in [-0.15, -0.1) is 0 Å². The summed E-state index contributed by atoms with van der Waals surface area (Å²) in [6.45, 7) is 0. The number of fused-ring (bicyclic) bond motifs is 14. The number of hydrogen-bond donors (Lipinski definition) is 3. The van der Waals surface area contributed by atoms with Gasteiger partial charge in [0.15, 0.2) is 0 Å². The van der Waals surface area contributed by atoms with Gasteiger partial charge in [-0.25, -0.2) is 4.74 Å². The summed E-state index contributed by atoms with van der Waals surface area (Å²) in [7, 11) is -3.03. The molecule has 0 aromatic heterocycles. The Labute approximate surface area is 330 Å². The lowest BCUT2D eigenvalue weighted by atomic mass is 9.85. The van der Waals surface area contributed by atoms with Crippen molar-refractivity contribution in [2.24, 2.45) is 4.74 Å². The SMILES string of the molecule is c1ccc(-c2cc3ccccc3c3c2N=P2(Nc4ccc5ccccc5c4-c4c(ccc5ccccc45)N2)Nc2c(-c4ccccc4)cc4ccccc4c2-3)cc1. The minimum Gasteiger partial charge on any atom is -0.319 e. The number of hydrogen-bond acceptors (Lipinski definition) is 4. The van der Waals surface area contributed by atoms with Crippen molar-refractivity contribution in [3.63, 3.8) is 0 Å². The van der Waals surface area contributed by atoms with Crippen LogP contribution in [0.15, 0.2) is 199 Å². The number of nitrogens with zero attached hydrogens (tertiary/aromatic N) is 1. The van der Waals surface area contributed by atoms with Gasteiger partial charge in [0, 0.05) is 44.8 Å². The first-order chi connectivity index (χ1) is 28.2. The highest BCUT2D eigenvalue weighted by Gasteiger charge is 2.36. The van der Waals surface area contributed by atoms with Gasteiger partial charge < -0.3 is 15.3 Å². The summed E-state index contributed by atoms with van der Waals surface area (Å²) < 4.78 is 6.11. The zero-order chi connectivity index (χ0) is 37.5. The Hall–Kier alpha value is -7.13. The molecule has 2 aliphatic heterocycles. The van der Waals surface area contributed by atoms with Crippen LogP contribution in [0.3, 0.4) is 0 Å². The quantitative estimate of drug-likeness (QED) is 0.154. The molecular weight excluding hydrogens is 712 g/mol. The summed E-state index contributed by atoms with van der Waals surface area (Å²) >= 11 is 0. The lowest BCUT2D eigenvalue weighted by Gasteiger charge is -2.29. The second-order valence-electron chi connectivity index (χ2n) is 15.0. The first-order valence-corrected chi connectivity index (χ1v) is 21.2. The topological polar surface area (TPSA) is 48.5 Å². The van der Waals surface area contributed by atoms with Crippen LogP contribution in [0.25, 0.3) is 87.6 Å². The van der Waals surface area contributed by atoms with Crippen molar-refractivity contribution in [2.45, 2.75) is 0 Å². The predicted molar refractivity (Wildman–Crippen MR) is 245 cm³/mol. The van der Waals surface area contributed by atoms with Crippen LogP contribution in [-0.2, 0) is 0 Å². The summed E-state index contributed by atoms with van der Waals surface area (Å²) in [5.41, 5.74) is 13.2. The molecule has 2 heterocycles. The molecule has 0 unspecified atom stereocenters. The molecule has 0 saturated heterocycles. The van der Waals surface area contributed by atoms with Gasteiger partial charge in [-0.05, 0) is 78.5 Å². The molecule has 57 heavy (non-hydrogen) atoms. The van der Waals surface area contributed by atoms with E-state index < -0.39 is 7.51 Å². The lowest BCUT2D eigenvalue weighted by Crippen LogP contribution is -2.14. The highest BCUT2D eigenvalue weighted by Crippen LogP contribution is 2.65. The van der Waals surface area contributed by atoms with Crippen molar-refractivity contribution >= 4 is 73.3 Å². The maximum absolute atomic E-state index is 6.11. The standard InChI is InChI=1S/C52H35N4P/c1-3-15-33(16-4-1)43-31-37-21-9-13-25-41(37)49-50-42-26-14-10-22-38(42)32-44(34-17-5-2-6-18-34)52(50)56-57(55-51(43)49)53-45-29-27-35-19-7-11-23-39(35)47(45)48-40-24-12-8-20-36(40)28-30-46(48)54-57/h1-32,53-55H. The van der Waals surface area contributed by atoms with E-state index in [1.165, 1.54) is 54.2 Å². The van der Waals surface area contributed by atoms with Crippen LogP contribution in [0.2, 0.25) is 0 Å². The van der Waals surface area contributed by atoms with E-state index in [0.717, 1.165) is 56.1 Å². The molecule has 0 atom stereocenters. The second kappa shape index (κ2) is 12.4. The minimum absolute atomic E-state index is 0.960. The maximum Gasteiger partial charge on any atom is 0.241 e.